The standard InChI is InChI=1S/C14H22N6O2/c1-14(2,3)22-13(21)18-12-10(6-17-19-12)5-15-7-11-8-16-9-20(11)4/h6,8-9,15H,5,7H2,1-4H3,(H2,17,18,19,21). The summed E-state index contributed by atoms with van der Waals surface area (Å²) < 4.78 is 7.16. The van der Waals surface area contributed by atoms with Gasteiger partial charge in [0.1, 0.15) is 11.4 Å². The van der Waals surface area contributed by atoms with E-state index in [1.165, 1.54) is 0 Å². The fourth-order valence-corrected chi connectivity index (χ4v) is 1.84. The number of ether oxygens (including phenoxy) is 1. The van der Waals surface area contributed by atoms with Gasteiger partial charge in [0.2, 0.25) is 0 Å². The second-order valence-corrected chi connectivity index (χ2v) is 6.00. The summed E-state index contributed by atoms with van der Waals surface area (Å²) in [6.45, 7) is 6.68. The van der Waals surface area contributed by atoms with Gasteiger partial charge in [-0.05, 0) is 20.8 Å². The molecule has 0 spiro atoms. The average molecular weight is 306 g/mol. The molecule has 120 valence electrons. The van der Waals surface area contributed by atoms with Crippen LogP contribution >= 0.6 is 0 Å². The Morgan fingerprint density at radius 1 is 1.36 bits per heavy atom. The molecule has 0 unspecified atom stereocenters. The lowest BCUT2D eigenvalue weighted by Crippen LogP contribution is -2.27. The van der Waals surface area contributed by atoms with E-state index in [9.17, 15) is 4.79 Å². The molecule has 8 nitrogen and oxygen atoms in total. The quantitative estimate of drug-likeness (QED) is 0.782. The van der Waals surface area contributed by atoms with E-state index in [0.29, 0.717) is 18.9 Å². The number of hydrogen-bond acceptors (Lipinski definition) is 5. The first-order valence-corrected chi connectivity index (χ1v) is 7.03. The molecule has 0 fully saturated rings. The molecule has 0 saturated carbocycles. The zero-order chi connectivity index (χ0) is 16.2. The zero-order valence-electron chi connectivity index (χ0n) is 13.3. The maximum Gasteiger partial charge on any atom is 0.413 e. The largest absolute Gasteiger partial charge is 0.444 e. The number of carbonyl (C=O) groups excluding carboxylic acids is 1. The molecule has 8 heteroatoms. The van der Waals surface area contributed by atoms with Gasteiger partial charge in [0, 0.05) is 31.9 Å². The zero-order valence-corrected chi connectivity index (χ0v) is 13.3. The van der Waals surface area contributed by atoms with Crippen molar-refractivity contribution in [2.24, 2.45) is 7.05 Å². The maximum atomic E-state index is 11.8. The maximum absolute atomic E-state index is 11.8. The fraction of sp³-hybridized carbons (Fsp3) is 0.500. The molecule has 2 aromatic rings. The molecule has 0 bridgehead atoms. The molecule has 3 N–H and O–H groups in total. The van der Waals surface area contributed by atoms with Gasteiger partial charge in [0.15, 0.2) is 0 Å². The number of aromatic amines is 1. The number of aryl methyl sites for hydroxylation is 1. The van der Waals surface area contributed by atoms with Crippen LogP contribution in [0.1, 0.15) is 32.0 Å². The van der Waals surface area contributed by atoms with Gasteiger partial charge >= 0.3 is 6.09 Å². The van der Waals surface area contributed by atoms with Crippen molar-refractivity contribution in [3.63, 3.8) is 0 Å². The van der Waals surface area contributed by atoms with Gasteiger partial charge in [-0.2, -0.15) is 5.10 Å². The van der Waals surface area contributed by atoms with Gasteiger partial charge in [-0.1, -0.05) is 0 Å². The Labute approximate surface area is 129 Å². The monoisotopic (exact) mass is 306 g/mol. The molecule has 22 heavy (non-hydrogen) atoms. The van der Waals surface area contributed by atoms with Crippen molar-refractivity contribution in [3.8, 4) is 0 Å². The molecule has 0 aliphatic heterocycles. The summed E-state index contributed by atoms with van der Waals surface area (Å²) in [5, 5.41) is 12.7. The van der Waals surface area contributed by atoms with Gasteiger partial charge in [-0.25, -0.2) is 9.78 Å². The second kappa shape index (κ2) is 6.61. The number of nitrogens with one attached hydrogen (secondary N) is 3. The third kappa shape index (κ3) is 4.59. The van der Waals surface area contributed by atoms with E-state index in [2.05, 4.69) is 25.8 Å². The third-order valence-electron chi connectivity index (χ3n) is 2.88. The minimum Gasteiger partial charge on any atom is -0.444 e. The van der Waals surface area contributed by atoms with E-state index < -0.39 is 11.7 Å². The van der Waals surface area contributed by atoms with E-state index in [4.69, 9.17) is 4.74 Å². The molecular formula is C14H22N6O2. The third-order valence-corrected chi connectivity index (χ3v) is 2.88. The van der Waals surface area contributed by atoms with Crippen LogP contribution in [0.2, 0.25) is 0 Å². The van der Waals surface area contributed by atoms with Gasteiger partial charge in [-0.15, -0.1) is 0 Å². The van der Waals surface area contributed by atoms with Crippen LogP contribution in [0, 0.1) is 0 Å². The molecular weight excluding hydrogens is 284 g/mol. The van der Waals surface area contributed by atoms with Crippen LogP contribution in [0.15, 0.2) is 18.7 Å². The molecule has 0 atom stereocenters. The lowest BCUT2D eigenvalue weighted by molar-refractivity contribution is 0.0635. The predicted molar refractivity (Wildman–Crippen MR) is 82.2 cm³/mol. The first-order chi connectivity index (χ1) is 10.3. The first-order valence-electron chi connectivity index (χ1n) is 7.03. The Kier molecular flexibility index (Phi) is 4.81. The highest BCUT2D eigenvalue weighted by atomic mass is 16.6. The lowest BCUT2D eigenvalue weighted by Gasteiger charge is -2.19. The van der Waals surface area contributed by atoms with E-state index >= 15 is 0 Å². The number of anilines is 1. The lowest BCUT2D eigenvalue weighted by atomic mass is 10.2. The Morgan fingerprint density at radius 2 is 2.14 bits per heavy atom. The Balaban J connectivity index is 1.87. The second-order valence-electron chi connectivity index (χ2n) is 6.00. The number of H-pyrrole nitrogens is 1. The molecule has 0 aromatic carbocycles. The number of imidazole rings is 1. The molecule has 2 aromatic heterocycles. The normalized spacial score (nSPS) is 11.5. The number of hydrogen-bond donors (Lipinski definition) is 3. The van der Waals surface area contributed by atoms with Crippen LogP contribution in [0.3, 0.4) is 0 Å². The van der Waals surface area contributed by atoms with Crippen LogP contribution in [-0.4, -0.2) is 31.4 Å². The highest BCUT2D eigenvalue weighted by Crippen LogP contribution is 2.14. The van der Waals surface area contributed by atoms with Crippen molar-refractivity contribution >= 4 is 11.9 Å². The SMILES string of the molecule is Cn1cncc1CNCc1cn[nH]c1NC(=O)OC(C)(C)C. The number of nitrogens with zero attached hydrogens (tertiary/aromatic N) is 3. The number of aromatic nitrogens is 4. The minimum atomic E-state index is -0.540. The molecule has 0 aliphatic rings. The summed E-state index contributed by atoms with van der Waals surface area (Å²) in [4.78, 5) is 15.8. The van der Waals surface area contributed by atoms with Crippen molar-refractivity contribution < 1.29 is 9.53 Å². The Bertz CT molecular complexity index is 625. The summed E-state index contributed by atoms with van der Waals surface area (Å²) in [6, 6.07) is 0. The summed E-state index contributed by atoms with van der Waals surface area (Å²) in [5.41, 5.74) is 1.39. The molecule has 2 rings (SSSR count). The molecule has 0 aliphatic carbocycles. The van der Waals surface area contributed by atoms with Crippen LogP contribution in [0.4, 0.5) is 10.6 Å². The molecule has 0 radical (unpaired) electrons. The topological polar surface area (TPSA) is 96.9 Å². The minimum absolute atomic E-state index is 0.510. The first kappa shape index (κ1) is 16.0. The Morgan fingerprint density at radius 3 is 2.77 bits per heavy atom. The summed E-state index contributed by atoms with van der Waals surface area (Å²) in [5.74, 6) is 0.534. The van der Waals surface area contributed by atoms with Crippen LogP contribution < -0.4 is 10.6 Å². The predicted octanol–water partition coefficient (Wildman–Crippen LogP) is 1.78. The van der Waals surface area contributed by atoms with E-state index in [0.717, 1.165) is 11.3 Å². The fourth-order valence-electron chi connectivity index (χ4n) is 1.84. The van der Waals surface area contributed by atoms with Crippen molar-refractivity contribution in [1.82, 2.24) is 25.1 Å². The van der Waals surface area contributed by atoms with Gasteiger partial charge in [-0.3, -0.25) is 10.4 Å². The Hall–Kier alpha value is -2.35. The van der Waals surface area contributed by atoms with Crippen molar-refractivity contribution in [2.75, 3.05) is 5.32 Å². The smallest absolute Gasteiger partial charge is 0.413 e. The summed E-state index contributed by atoms with van der Waals surface area (Å²) in [7, 11) is 1.94. The van der Waals surface area contributed by atoms with E-state index in [1.54, 1.807) is 12.5 Å². The number of rotatable bonds is 5. The van der Waals surface area contributed by atoms with Gasteiger partial charge in [0.05, 0.1) is 18.2 Å². The number of carbonyl (C=O) groups is 1. The highest BCUT2D eigenvalue weighted by molar-refractivity contribution is 5.84. The van der Waals surface area contributed by atoms with Gasteiger partial charge < -0.3 is 14.6 Å². The summed E-state index contributed by atoms with van der Waals surface area (Å²) in [6.07, 6.45) is 4.72. The summed E-state index contributed by atoms with van der Waals surface area (Å²) >= 11 is 0. The average Bonchev–Trinajstić information content (AvgIpc) is 2.98. The molecule has 0 saturated heterocycles. The van der Waals surface area contributed by atoms with E-state index in [-0.39, 0.29) is 0 Å². The van der Waals surface area contributed by atoms with Crippen molar-refractivity contribution in [1.29, 1.82) is 0 Å². The molecule has 1 amide bonds. The number of amides is 1. The van der Waals surface area contributed by atoms with Crippen LogP contribution in [-0.2, 0) is 24.9 Å². The highest BCUT2D eigenvalue weighted by Gasteiger charge is 2.17. The van der Waals surface area contributed by atoms with Crippen LogP contribution in [0.25, 0.3) is 0 Å². The van der Waals surface area contributed by atoms with Crippen molar-refractivity contribution in [3.05, 3.63) is 30.0 Å². The van der Waals surface area contributed by atoms with E-state index in [1.807, 2.05) is 38.6 Å². The van der Waals surface area contributed by atoms with Gasteiger partial charge in [0.25, 0.3) is 0 Å². The molecule has 2 heterocycles. The van der Waals surface area contributed by atoms with Crippen LogP contribution in [0.5, 0.6) is 0 Å². The van der Waals surface area contributed by atoms with Crippen molar-refractivity contribution in [2.45, 2.75) is 39.5 Å².